The molecule has 0 saturated carbocycles. The van der Waals surface area contributed by atoms with E-state index < -0.39 is 0 Å². The van der Waals surface area contributed by atoms with Crippen LogP contribution in [0.5, 0.6) is 11.5 Å². The summed E-state index contributed by atoms with van der Waals surface area (Å²) in [6, 6.07) is 17.9. The Morgan fingerprint density at radius 1 is 1.06 bits per heavy atom. The molecule has 0 saturated heterocycles. The van der Waals surface area contributed by atoms with Gasteiger partial charge in [-0.15, -0.1) is 10.2 Å². The first-order valence-corrected chi connectivity index (χ1v) is 11.4. The molecule has 33 heavy (non-hydrogen) atoms. The molecule has 1 unspecified atom stereocenters. The zero-order valence-corrected chi connectivity index (χ0v) is 19.2. The minimum Gasteiger partial charge on any atom is -0.457 e. The van der Waals surface area contributed by atoms with Crippen molar-refractivity contribution in [1.82, 2.24) is 25.0 Å². The summed E-state index contributed by atoms with van der Waals surface area (Å²) in [7, 11) is 1.59. The third kappa shape index (κ3) is 6.18. The lowest BCUT2D eigenvalue weighted by atomic mass is 10.2. The Labute approximate surface area is 194 Å². The van der Waals surface area contributed by atoms with Gasteiger partial charge in [0.1, 0.15) is 17.3 Å². The topological polar surface area (TPSA) is 81.5 Å². The van der Waals surface area contributed by atoms with Crippen LogP contribution < -0.4 is 10.1 Å². The SMILES string of the molecule is COCCC(=O)NC(C)c1nnc2n1CCN(Cc1cccc(Oc3ccccc3)c1)CC2. The molecule has 0 bridgehead atoms. The van der Waals surface area contributed by atoms with Crippen molar-refractivity contribution in [3.63, 3.8) is 0 Å². The second-order valence-corrected chi connectivity index (χ2v) is 8.25. The van der Waals surface area contributed by atoms with E-state index in [-0.39, 0.29) is 11.9 Å². The first-order chi connectivity index (χ1) is 16.1. The van der Waals surface area contributed by atoms with Crippen LogP contribution in [0.3, 0.4) is 0 Å². The number of fused-ring (bicyclic) bond motifs is 1. The van der Waals surface area contributed by atoms with E-state index in [1.165, 1.54) is 5.56 Å². The van der Waals surface area contributed by atoms with Gasteiger partial charge in [0.15, 0.2) is 5.82 Å². The van der Waals surface area contributed by atoms with Crippen molar-refractivity contribution < 1.29 is 14.3 Å². The molecule has 1 atom stereocenters. The molecule has 2 heterocycles. The second-order valence-electron chi connectivity index (χ2n) is 8.25. The predicted octanol–water partition coefficient (Wildman–Crippen LogP) is 3.34. The zero-order chi connectivity index (χ0) is 23.0. The number of carbonyl (C=O) groups excluding carboxylic acids is 1. The predicted molar refractivity (Wildman–Crippen MR) is 125 cm³/mol. The number of aromatic nitrogens is 3. The maximum absolute atomic E-state index is 12.1. The van der Waals surface area contributed by atoms with E-state index in [9.17, 15) is 4.79 Å². The molecule has 0 aliphatic carbocycles. The monoisotopic (exact) mass is 449 g/mol. The number of para-hydroxylation sites is 1. The molecular weight excluding hydrogens is 418 g/mol. The molecule has 1 N–H and O–H groups in total. The molecular formula is C25H31N5O3. The molecule has 2 aromatic carbocycles. The molecule has 4 rings (SSSR count). The summed E-state index contributed by atoms with van der Waals surface area (Å²) in [5.41, 5.74) is 1.21. The Kier molecular flexibility index (Phi) is 7.70. The van der Waals surface area contributed by atoms with Crippen molar-refractivity contribution in [2.45, 2.75) is 38.9 Å². The fourth-order valence-corrected chi connectivity index (χ4v) is 4.03. The Morgan fingerprint density at radius 3 is 2.70 bits per heavy atom. The highest BCUT2D eigenvalue weighted by Gasteiger charge is 2.22. The summed E-state index contributed by atoms with van der Waals surface area (Å²) < 4.78 is 13.1. The number of nitrogens with zero attached hydrogens (tertiary/aromatic N) is 4. The Hall–Kier alpha value is -3.23. The van der Waals surface area contributed by atoms with E-state index in [1.807, 2.05) is 49.4 Å². The van der Waals surface area contributed by atoms with Crippen molar-refractivity contribution >= 4 is 5.91 Å². The van der Waals surface area contributed by atoms with E-state index in [2.05, 4.69) is 37.1 Å². The molecule has 0 fully saturated rings. The van der Waals surface area contributed by atoms with Crippen LogP contribution in [0.25, 0.3) is 0 Å². The first kappa shape index (κ1) is 22.9. The quantitative estimate of drug-likeness (QED) is 0.540. The van der Waals surface area contributed by atoms with Gasteiger partial charge < -0.3 is 19.4 Å². The number of rotatable bonds is 9. The van der Waals surface area contributed by atoms with Crippen LogP contribution >= 0.6 is 0 Å². The molecule has 1 aliphatic rings. The van der Waals surface area contributed by atoms with Crippen molar-refractivity contribution in [2.75, 3.05) is 26.8 Å². The highest BCUT2D eigenvalue weighted by molar-refractivity contribution is 5.76. The smallest absolute Gasteiger partial charge is 0.222 e. The lowest BCUT2D eigenvalue weighted by Gasteiger charge is -2.20. The molecule has 8 heteroatoms. The average molecular weight is 450 g/mol. The average Bonchev–Trinajstić information content (AvgIpc) is 3.13. The Morgan fingerprint density at radius 2 is 1.88 bits per heavy atom. The van der Waals surface area contributed by atoms with E-state index >= 15 is 0 Å². The summed E-state index contributed by atoms with van der Waals surface area (Å²) >= 11 is 0. The number of hydrogen-bond donors (Lipinski definition) is 1. The summed E-state index contributed by atoms with van der Waals surface area (Å²) in [4.78, 5) is 14.5. The zero-order valence-electron chi connectivity index (χ0n) is 19.2. The lowest BCUT2D eigenvalue weighted by molar-refractivity contribution is -0.122. The minimum atomic E-state index is -0.200. The summed E-state index contributed by atoms with van der Waals surface area (Å²) in [6.07, 6.45) is 1.15. The Balaban J connectivity index is 1.36. The Bertz CT molecular complexity index is 1050. The van der Waals surface area contributed by atoms with Crippen molar-refractivity contribution in [2.24, 2.45) is 0 Å². The minimum absolute atomic E-state index is 0.0467. The number of methoxy groups -OCH3 is 1. The van der Waals surface area contributed by atoms with Gasteiger partial charge >= 0.3 is 0 Å². The van der Waals surface area contributed by atoms with Crippen molar-refractivity contribution in [3.05, 3.63) is 71.8 Å². The van der Waals surface area contributed by atoms with Crippen molar-refractivity contribution in [1.29, 1.82) is 0 Å². The molecule has 1 amide bonds. The largest absolute Gasteiger partial charge is 0.457 e. The first-order valence-electron chi connectivity index (χ1n) is 11.4. The van der Waals surface area contributed by atoms with Gasteiger partial charge in [0.2, 0.25) is 5.91 Å². The number of benzene rings is 2. The maximum atomic E-state index is 12.1. The van der Waals surface area contributed by atoms with Crippen LogP contribution in [0.15, 0.2) is 54.6 Å². The van der Waals surface area contributed by atoms with Gasteiger partial charge in [-0.25, -0.2) is 0 Å². The summed E-state index contributed by atoms with van der Waals surface area (Å²) in [5, 5.41) is 11.8. The number of ether oxygens (including phenoxy) is 2. The van der Waals surface area contributed by atoms with Crippen LogP contribution in [0.1, 0.15) is 36.6 Å². The summed E-state index contributed by atoms with van der Waals surface area (Å²) in [5.74, 6) is 3.39. The fraction of sp³-hybridized carbons (Fsp3) is 0.400. The van der Waals surface area contributed by atoms with E-state index in [4.69, 9.17) is 9.47 Å². The molecule has 3 aromatic rings. The van der Waals surface area contributed by atoms with E-state index in [0.717, 1.165) is 55.7 Å². The third-order valence-electron chi connectivity index (χ3n) is 5.73. The van der Waals surface area contributed by atoms with Gasteiger partial charge in [0.05, 0.1) is 12.6 Å². The molecule has 0 radical (unpaired) electrons. The van der Waals surface area contributed by atoms with E-state index in [0.29, 0.717) is 13.0 Å². The summed E-state index contributed by atoms with van der Waals surface area (Å²) in [6.45, 7) is 5.76. The van der Waals surface area contributed by atoms with Gasteiger partial charge in [-0.05, 0) is 36.8 Å². The number of hydrogen-bond acceptors (Lipinski definition) is 6. The van der Waals surface area contributed by atoms with Gasteiger partial charge in [-0.1, -0.05) is 30.3 Å². The van der Waals surface area contributed by atoms with Crippen molar-refractivity contribution in [3.8, 4) is 11.5 Å². The van der Waals surface area contributed by atoms with Crippen LogP contribution in [0.4, 0.5) is 0 Å². The standard InChI is InChI=1S/C25H31N5O3/c1-19(26-24(31)12-16-32-2)25-28-27-23-11-13-29(14-15-30(23)25)18-20-7-6-10-22(17-20)33-21-8-4-3-5-9-21/h3-10,17,19H,11-16,18H2,1-2H3,(H,26,31). The fourth-order valence-electron chi connectivity index (χ4n) is 4.03. The highest BCUT2D eigenvalue weighted by Crippen LogP contribution is 2.23. The van der Waals surface area contributed by atoms with E-state index in [1.54, 1.807) is 7.11 Å². The normalized spacial score (nSPS) is 14.8. The van der Waals surface area contributed by atoms with Crippen LogP contribution in [0, 0.1) is 0 Å². The maximum Gasteiger partial charge on any atom is 0.222 e. The van der Waals surface area contributed by atoms with Crippen LogP contribution in [-0.4, -0.2) is 52.4 Å². The number of amides is 1. The number of carbonyl (C=O) groups is 1. The molecule has 8 nitrogen and oxygen atoms in total. The molecule has 0 spiro atoms. The van der Waals surface area contributed by atoms with Gasteiger partial charge in [0.25, 0.3) is 0 Å². The van der Waals surface area contributed by atoms with Crippen LogP contribution in [0.2, 0.25) is 0 Å². The van der Waals surface area contributed by atoms with Gasteiger partial charge in [-0.2, -0.15) is 0 Å². The van der Waals surface area contributed by atoms with Crippen LogP contribution in [-0.2, 0) is 29.0 Å². The second kappa shape index (κ2) is 11.1. The van der Waals surface area contributed by atoms with Gasteiger partial charge in [0, 0.05) is 46.1 Å². The lowest BCUT2D eigenvalue weighted by Crippen LogP contribution is -2.30. The molecule has 1 aromatic heterocycles. The number of nitrogens with one attached hydrogen (secondary N) is 1. The molecule has 1 aliphatic heterocycles. The highest BCUT2D eigenvalue weighted by atomic mass is 16.5. The van der Waals surface area contributed by atoms with Gasteiger partial charge in [-0.3, -0.25) is 9.69 Å². The third-order valence-corrected chi connectivity index (χ3v) is 5.73. The molecule has 174 valence electrons.